The molecule has 0 radical (unpaired) electrons. The molecular weight excluding hydrogens is 244 g/mol. The Morgan fingerprint density at radius 3 is 1.84 bits per heavy atom. The van der Waals surface area contributed by atoms with Gasteiger partial charge < -0.3 is 15.8 Å². The van der Waals surface area contributed by atoms with Gasteiger partial charge in [0.25, 0.3) is 0 Å². The van der Waals surface area contributed by atoms with Crippen LogP contribution in [0.5, 0.6) is 0 Å². The molecule has 0 heterocycles. The number of hydrogen-bond donors (Lipinski definition) is 2. The van der Waals surface area contributed by atoms with Gasteiger partial charge in [0.15, 0.2) is 0 Å². The van der Waals surface area contributed by atoms with Crippen molar-refractivity contribution in [3.05, 3.63) is 0 Å². The lowest BCUT2D eigenvalue weighted by molar-refractivity contribution is -0.156. The standard InChI is InChI=1S/C14H28N2O3/c1-12(2,3)19-11(18)9-14(6,7)16-10(17)8-13(4,5)15/h8-9,15H2,1-7H3,(H,16,17). The van der Waals surface area contributed by atoms with Gasteiger partial charge in [-0.1, -0.05) is 0 Å². The zero-order chi connectivity index (χ0) is 15.5. The fourth-order valence-electron chi connectivity index (χ4n) is 1.62. The molecule has 0 aliphatic rings. The number of carbonyl (C=O) groups excluding carboxylic acids is 2. The molecule has 0 fully saturated rings. The number of nitrogens with one attached hydrogen (secondary N) is 1. The summed E-state index contributed by atoms with van der Waals surface area (Å²) in [5, 5.41) is 2.81. The molecule has 112 valence electrons. The third kappa shape index (κ3) is 10.5. The average molecular weight is 272 g/mol. The molecule has 5 heteroatoms. The van der Waals surface area contributed by atoms with E-state index >= 15 is 0 Å². The van der Waals surface area contributed by atoms with Crippen molar-refractivity contribution >= 4 is 11.9 Å². The Morgan fingerprint density at radius 1 is 1.00 bits per heavy atom. The first kappa shape index (κ1) is 17.9. The van der Waals surface area contributed by atoms with Crippen molar-refractivity contribution in [1.29, 1.82) is 0 Å². The maximum Gasteiger partial charge on any atom is 0.308 e. The lowest BCUT2D eigenvalue weighted by Crippen LogP contribution is -2.49. The highest BCUT2D eigenvalue weighted by molar-refractivity contribution is 5.79. The minimum atomic E-state index is -0.648. The number of carbonyl (C=O) groups is 2. The lowest BCUT2D eigenvalue weighted by atomic mass is 9.97. The number of hydrogen-bond acceptors (Lipinski definition) is 4. The summed E-state index contributed by atoms with van der Waals surface area (Å²) >= 11 is 0. The summed E-state index contributed by atoms with van der Waals surface area (Å²) in [6.45, 7) is 12.6. The van der Waals surface area contributed by atoms with Crippen molar-refractivity contribution in [1.82, 2.24) is 5.32 Å². The van der Waals surface area contributed by atoms with Crippen molar-refractivity contribution < 1.29 is 14.3 Å². The Balaban J connectivity index is 4.40. The second-order valence-electron chi connectivity index (χ2n) is 7.36. The van der Waals surface area contributed by atoms with Crippen LogP contribution < -0.4 is 11.1 Å². The fourth-order valence-corrected chi connectivity index (χ4v) is 1.62. The maximum atomic E-state index is 11.8. The van der Waals surface area contributed by atoms with E-state index in [1.165, 1.54) is 0 Å². The summed E-state index contributed by atoms with van der Waals surface area (Å²) < 4.78 is 5.24. The third-order valence-electron chi connectivity index (χ3n) is 2.10. The predicted octanol–water partition coefficient (Wildman–Crippen LogP) is 1.74. The molecule has 0 saturated heterocycles. The molecule has 0 atom stereocenters. The van der Waals surface area contributed by atoms with Crippen molar-refractivity contribution in [2.45, 2.75) is 78.0 Å². The molecule has 19 heavy (non-hydrogen) atoms. The van der Waals surface area contributed by atoms with E-state index in [4.69, 9.17) is 10.5 Å². The van der Waals surface area contributed by atoms with Crippen LogP contribution in [0.2, 0.25) is 0 Å². The van der Waals surface area contributed by atoms with E-state index in [-0.39, 0.29) is 24.7 Å². The molecule has 0 bridgehead atoms. The topological polar surface area (TPSA) is 81.4 Å². The largest absolute Gasteiger partial charge is 0.460 e. The normalized spacial score (nSPS) is 13.1. The van der Waals surface area contributed by atoms with Gasteiger partial charge in [-0.15, -0.1) is 0 Å². The van der Waals surface area contributed by atoms with Gasteiger partial charge in [-0.2, -0.15) is 0 Å². The van der Waals surface area contributed by atoms with Crippen molar-refractivity contribution in [2.75, 3.05) is 0 Å². The zero-order valence-electron chi connectivity index (χ0n) is 13.2. The van der Waals surface area contributed by atoms with Crippen LogP contribution in [0.4, 0.5) is 0 Å². The highest BCUT2D eigenvalue weighted by atomic mass is 16.6. The van der Waals surface area contributed by atoms with Crippen LogP contribution in [0.25, 0.3) is 0 Å². The van der Waals surface area contributed by atoms with E-state index in [1.807, 2.05) is 20.8 Å². The SMILES string of the molecule is CC(C)(N)CC(=O)NC(C)(C)CC(=O)OC(C)(C)C. The zero-order valence-corrected chi connectivity index (χ0v) is 13.2. The van der Waals surface area contributed by atoms with Gasteiger partial charge in [-0.3, -0.25) is 9.59 Å². The van der Waals surface area contributed by atoms with Gasteiger partial charge in [0.2, 0.25) is 5.91 Å². The van der Waals surface area contributed by atoms with Crippen LogP contribution in [0.15, 0.2) is 0 Å². The van der Waals surface area contributed by atoms with E-state index in [9.17, 15) is 9.59 Å². The van der Waals surface area contributed by atoms with Crippen LogP contribution in [-0.2, 0) is 14.3 Å². The maximum absolute atomic E-state index is 11.8. The Kier molecular flexibility index (Phi) is 5.56. The van der Waals surface area contributed by atoms with Gasteiger partial charge in [-0.05, 0) is 48.5 Å². The molecule has 3 N–H and O–H groups in total. The molecule has 0 aliphatic heterocycles. The summed E-state index contributed by atoms with van der Waals surface area (Å²) in [6, 6.07) is 0. The average Bonchev–Trinajstić information content (AvgIpc) is 1.89. The molecule has 0 rings (SSSR count). The molecule has 0 unspecified atom stereocenters. The van der Waals surface area contributed by atoms with E-state index in [0.717, 1.165) is 0 Å². The quantitative estimate of drug-likeness (QED) is 0.747. The second-order valence-corrected chi connectivity index (χ2v) is 7.36. The molecule has 0 saturated carbocycles. The van der Waals surface area contributed by atoms with Crippen molar-refractivity contribution in [3.63, 3.8) is 0 Å². The highest BCUT2D eigenvalue weighted by Crippen LogP contribution is 2.15. The summed E-state index contributed by atoms with van der Waals surface area (Å²) in [4.78, 5) is 23.5. The number of amides is 1. The minimum Gasteiger partial charge on any atom is -0.460 e. The first-order valence-electron chi connectivity index (χ1n) is 6.52. The fraction of sp³-hybridized carbons (Fsp3) is 0.857. The summed E-state index contributed by atoms with van der Waals surface area (Å²) in [6.07, 6.45) is 0.339. The third-order valence-corrected chi connectivity index (χ3v) is 2.10. The van der Waals surface area contributed by atoms with Crippen molar-refractivity contribution in [2.24, 2.45) is 5.73 Å². The highest BCUT2D eigenvalue weighted by Gasteiger charge is 2.28. The van der Waals surface area contributed by atoms with Gasteiger partial charge in [-0.25, -0.2) is 0 Å². The molecule has 0 aromatic carbocycles. The van der Waals surface area contributed by atoms with Gasteiger partial charge in [0.05, 0.1) is 6.42 Å². The number of rotatable bonds is 5. The van der Waals surface area contributed by atoms with Crippen LogP contribution >= 0.6 is 0 Å². The second kappa shape index (κ2) is 5.90. The first-order valence-corrected chi connectivity index (χ1v) is 6.52. The van der Waals surface area contributed by atoms with E-state index < -0.39 is 16.7 Å². The Morgan fingerprint density at radius 2 is 1.47 bits per heavy atom. The molecule has 5 nitrogen and oxygen atoms in total. The minimum absolute atomic E-state index is 0.126. The Labute approximate surface area is 116 Å². The molecule has 0 spiro atoms. The van der Waals surface area contributed by atoms with Crippen LogP contribution in [0.3, 0.4) is 0 Å². The lowest BCUT2D eigenvalue weighted by Gasteiger charge is -2.29. The summed E-state index contributed by atoms with van der Waals surface area (Å²) in [7, 11) is 0. The van der Waals surface area contributed by atoms with Crippen LogP contribution in [-0.4, -0.2) is 28.6 Å². The molecule has 0 aliphatic carbocycles. The molecule has 1 amide bonds. The molecular formula is C14H28N2O3. The van der Waals surface area contributed by atoms with Crippen molar-refractivity contribution in [3.8, 4) is 0 Å². The smallest absolute Gasteiger partial charge is 0.308 e. The number of esters is 1. The summed E-state index contributed by atoms with van der Waals surface area (Å²) in [5.74, 6) is -0.495. The van der Waals surface area contributed by atoms with E-state index in [0.29, 0.717) is 0 Å². The van der Waals surface area contributed by atoms with Crippen LogP contribution in [0, 0.1) is 0 Å². The predicted molar refractivity (Wildman–Crippen MR) is 75.6 cm³/mol. The number of ether oxygens (including phenoxy) is 1. The van der Waals surface area contributed by atoms with Gasteiger partial charge >= 0.3 is 5.97 Å². The van der Waals surface area contributed by atoms with E-state index in [2.05, 4.69) is 5.32 Å². The Hall–Kier alpha value is -1.10. The van der Waals surface area contributed by atoms with Gasteiger partial charge in [0.1, 0.15) is 5.60 Å². The Bertz CT molecular complexity index is 304. The first-order chi connectivity index (χ1) is 8.20. The monoisotopic (exact) mass is 272 g/mol. The van der Waals surface area contributed by atoms with E-state index in [1.54, 1.807) is 27.7 Å². The molecule has 0 aromatic rings. The number of nitrogens with two attached hydrogens (primary N) is 1. The van der Waals surface area contributed by atoms with Crippen LogP contribution in [0.1, 0.15) is 61.3 Å². The van der Waals surface area contributed by atoms with Gasteiger partial charge in [0, 0.05) is 17.5 Å². The molecule has 0 aromatic heterocycles. The summed E-state index contributed by atoms with van der Waals surface area (Å²) in [5.41, 5.74) is 4.06.